The lowest BCUT2D eigenvalue weighted by Gasteiger charge is -2.41. The minimum Gasteiger partial charge on any atom is -0.453 e. The molecule has 1 amide bonds. The van der Waals surface area contributed by atoms with Crippen molar-refractivity contribution in [2.24, 2.45) is 4.99 Å². The molecule has 2 rings (SSSR count). The molecule has 8 nitrogen and oxygen atoms in total. The smallest absolute Gasteiger partial charge is 0.411 e. The number of halogens is 1. The number of guanidine groups is 1. The Morgan fingerprint density at radius 3 is 2.43 bits per heavy atom. The number of hydrogen-bond acceptors (Lipinski definition) is 5. The summed E-state index contributed by atoms with van der Waals surface area (Å²) >= 11 is 0. The third-order valence-corrected chi connectivity index (χ3v) is 4.62. The summed E-state index contributed by atoms with van der Waals surface area (Å²) in [5.74, 6) is 0.757. The molecule has 0 bridgehead atoms. The highest BCUT2D eigenvalue weighted by Crippen LogP contribution is 2.15. The summed E-state index contributed by atoms with van der Waals surface area (Å²) in [7, 11) is 3.10. The molecule has 1 heterocycles. The highest BCUT2D eigenvalue weighted by atomic mass is 127. The minimum atomic E-state index is -0.478. The molecule has 9 heteroatoms. The average Bonchev–Trinajstić information content (AvgIpc) is 2.69. The second-order valence-electron chi connectivity index (χ2n) is 7.00. The Labute approximate surface area is 184 Å². The lowest BCUT2D eigenvalue weighted by Crippen LogP contribution is -2.56. The molecule has 28 heavy (non-hydrogen) atoms. The number of methoxy groups -OCH3 is 1. The molecule has 158 valence electrons. The van der Waals surface area contributed by atoms with Crippen molar-refractivity contribution >= 4 is 41.7 Å². The number of nitrogens with one attached hydrogen (secondary N) is 3. The van der Waals surface area contributed by atoms with E-state index >= 15 is 0 Å². The van der Waals surface area contributed by atoms with Gasteiger partial charge in [0, 0.05) is 44.5 Å². The third-order valence-electron chi connectivity index (χ3n) is 4.62. The Morgan fingerprint density at radius 1 is 1.21 bits per heavy atom. The van der Waals surface area contributed by atoms with Gasteiger partial charge in [0.1, 0.15) is 0 Å². The number of benzene rings is 1. The van der Waals surface area contributed by atoms with Crippen molar-refractivity contribution in [3.8, 4) is 0 Å². The number of nitrogens with zero attached hydrogens (tertiary/aromatic N) is 2. The van der Waals surface area contributed by atoms with E-state index in [1.807, 2.05) is 24.3 Å². The number of carbonyl (C=O) groups excluding carboxylic acids is 1. The van der Waals surface area contributed by atoms with Crippen molar-refractivity contribution < 1.29 is 14.3 Å². The standard InChI is InChI=1S/C19H31N5O3.HI/c1-19(2,24-9-11-27-12-10-24)14-22-17(20-3)21-13-15-5-7-16(8-6-15)23-18(25)26-4;/h5-8H,9-14H2,1-4H3,(H,23,25)(H2,20,21,22);1H. The number of aliphatic imine (C=N–C) groups is 1. The van der Waals surface area contributed by atoms with Gasteiger partial charge in [-0.2, -0.15) is 0 Å². The largest absolute Gasteiger partial charge is 0.453 e. The molecular formula is C19H32IN5O3. The quantitative estimate of drug-likeness (QED) is 0.313. The van der Waals surface area contributed by atoms with Crippen LogP contribution in [0.5, 0.6) is 0 Å². The summed E-state index contributed by atoms with van der Waals surface area (Å²) in [6.45, 7) is 9.36. The van der Waals surface area contributed by atoms with Gasteiger partial charge in [0.2, 0.25) is 0 Å². The van der Waals surface area contributed by atoms with E-state index in [4.69, 9.17) is 4.74 Å². The number of hydrogen-bond donors (Lipinski definition) is 3. The monoisotopic (exact) mass is 505 g/mol. The van der Waals surface area contributed by atoms with Crippen LogP contribution in [0.15, 0.2) is 29.3 Å². The SMILES string of the molecule is CN=C(NCc1ccc(NC(=O)OC)cc1)NCC(C)(C)N1CCOCC1.I. The first-order chi connectivity index (χ1) is 12.9. The lowest BCUT2D eigenvalue weighted by atomic mass is 10.0. The zero-order valence-electron chi connectivity index (χ0n) is 17.1. The Kier molecular flexibility index (Phi) is 10.5. The summed E-state index contributed by atoms with van der Waals surface area (Å²) in [6, 6.07) is 7.57. The predicted octanol–water partition coefficient (Wildman–Crippen LogP) is 2.26. The molecule has 1 aromatic carbocycles. The summed E-state index contributed by atoms with van der Waals surface area (Å²) in [5.41, 5.74) is 1.80. The molecular weight excluding hydrogens is 473 g/mol. The van der Waals surface area contributed by atoms with Crippen molar-refractivity contribution in [2.75, 3.05) is 52.3 Å². The van der Waals surface area contributed by atoms with Crippen LogP contribution in [0.2, 0.25) is 0 Å². The molecule has 1 fully saturated rings. The van der Waals surface area contributed by atoms with Crippen molar-refractivity contribution in [3.05, 3.63) is 29.8 Å². The van der Waals surface area contributed by atoms with Gasteiger partial charge >= 0.3 is 6.09 Å². The average molecular weight is 505 g/mol. The number of morpholine rings is 1. The van der Waals surface area contributed by atoms with Crippen LogP contribution in [0.4, 0.5) is 10.5 Å². The Bertz CT molecular complexity index is 631. The van der Waals surface area contributed by atoms with E-state index in [-0.39, 0.29) is 29.5 Å². The van der Waals surface area contributed by atoms with Gasteiger partial charge < -0.3 is 20.1 Å². The maximum absolute atomic E-state index is 11.2. The number of carbonyl (C=O) groups is 1. The summed E-state index contributed by atoms with van der Waals surface area (Å²) in [6.07, 6.45) is -0.478. The van der Waals surface area contributed by atoms with Crippen LogP contribution in [0.25, 0.3) is 0 Å². The first kappa shape index (κ1) is 24.4. The van der Waals surface area contributed by atoms with Gasteiger partial charge in [-0.05, 0) is 31.5 Å². The highest BCUT2D eigenvalue weighted by molar-refractivity contribution is 14.0. The van der Waals surface area contributed by atoms with Gasteiger partial charge in [-0.1, -0.05) is 12.1 Å². The number of amides is 1. The highest BCUT2D eigenvalue weighted by Gasteiger charge is 2.28. The van der Waals surface area contributed by atoms with Gasteiger partial charge in [-0.15, -0.1) is 24.0 Å². The molecule has 0 aliphatic carbocycles. The summed E-state index contributed by atoms with van der Waals surface area (Å²) < 4.78 is 10.0. The van der Waals surface area contributed by atoms with E-state index < -0.39 is 6.09 Å². The molecule has 3 N–H and O–H groups in total. The molecule has 1 aliphatic rings. The van der Waals surface area contributed by atoms with E-state index in [9.17, 15) is 4.79 Å². The van der Waals surface area contributed by atoms with E-state index in [1.165, 1.54) is 7.11 Å². The first-order valence-corrected chi connectivity index (χ1v) is 9.16. The Balaban J connectivity index is 0.00000392. The van der Waals surface area contributed by atoms with Gasteiger partial charge in [0.05, 0.1) is 20.3 Å². The molecule has 0 spiro atoms. The van der Waals surface area contributed by atoms with Gasteiger partial charge in [-0.25, -0.2) is 4.79 Å². The van der Waals surface area contributed by atoms with Gasteiger partial charge in [0.25, 0.3) is 0 Å². The van der Waals surface area contributed by atoms with Crippen LogP contribution in [0, 0.1) is 0 Å². The van der Waals surface area contributed by atoms with E-state index in [2.05, 4.69) is 44.4 Å². The maximum Gasteiger partial charge on any atom is 0.411 e. The second-order valence-corrected chi connectivity index (χ2v) is 7.00. The van der Waals surface area contributed by atoms with Crippen LogP contribution in [0.3, 0.4) is 0 Å². The maximum atomic E-state index is 11.2. The number of rotatable bonds is 6. The molecule has 1 aromatic rings. The van der Waals surface area contributed by atoms with Crippen molar-refractivity contribution in [1.29, 1.82) is 0 Å². The lowest BCUT2D eigenvalue weighted by molar-refractivity contribution is -0.00834. The van der Waals surface area contributed by atoms with Crippen LogP contribution < -0.4 is 16.0 Å². The van der Waals surface area contributed by atoms with Crippen molar-refractivity contribution in [1.82, 2.24) is 15.5 Å². The minimum absolute atomic E-state index is 0. The number of ether oxygens (including phenoxy) is 2. The van der Waals surface area contributed by atoms with Crippen molar-refractivity contribution in [3.63, 3.8) is 0 Å². The molecule has 1 aliphatic heterocycles. The van der Waals surface area contributed by atoms with E-state index in [0.29, 0.717) is 12.2 Å². The normalized spacial score (nSPS) is 15.4. The van der Waals surface area contributed by atoms with Crippen LogP contribution in [-0.2, 0) is 16.0 Å². The van der Waals surface area contributed by atoms with Crippen molar-refractivity contribution in [2.45, 2.75) is 25.9 Å². The van der Waals surface area contributed by atoms with E-state index in [1.54, 1.807) is 7.05 Å². The number of anilines is 1. The Morgan fingerprint density at radius 2 is 1.86 bits per heavy atom. The van der Waals surface area contributed by atoms with Gasteiger partial charge in [0.15, 0.2) is 5.96 Å². The third kappa shape index (κ3) is 7.80. The zero-order chi connectivity index (χ0) is 19.7. The fraction of sp³-hybridized carbons (Fsp3) is 0.579. The molecule has 0 atom stereocenters. The molecule has 1 saturated heterocycles. The van der Waals surface area contributed by atoms with E-state index in [0.717, 1.165) is 44.4 Å². The van der Waals surface area contributed by atoms with Crippen LogP contribution >= 0.6 is 24.0 Å². The fourth-order valence-electron chi connectivity index (χ4n) is 2.86. The van der Waals surface area contributed by atoms with Crippen LogP contribution in [0.1, 0.15) is 19.4 Å². The summed E-state index contributed by atoms with van der Waals surface area (Å²) in [4.78, 5) is 17.9. The molecule has 0 radical (unpaired) electrons. The zero-order valence-corrected chi connectivity index (χ0v) is 19.4. The molecule has 0 unspecified atom stereocenters. The topological polar surface area (TPSA) is 87.2 Å². The fourth-order valence-corrected chi connectivity index (χ4v) is 2.86. The van der Waals surface area contributed by atoms with Gasteiger partial charge in [-0.3, -0.25) is 15.2 Å². The molecule has 0 aromatic heterocycles. The second kappa shape index (κ2) is 12.1. The predicted molar refractivity (Wildman–Crippen MR) is 123 cm³/mol. The van der Waals surface area contributed by atoms with Crippen LogP contribution in [-0.4, -0.2) is 69.5 Å². The Hall–Kier alpha value is -1.59. The molecule has 0 saturated carbocycles. The first-order valence-electron chi connectivity index (χ1n) is 9.16. The summed E-state index contributed by atoms with van der Waals surface area (Å²) in [5, 5.41) is 9.35.